The summed E-state index contributed by atoms with van der Waals surface area (Å²) < 4.78 is 5.08. The van der Waals surface area contributed by atoms with E-state index in [0.29, 0.717) is 5.92 Å². The molecule has 1 aromatic rings. The Hall–Kier alpha value is -0.380. The zero-order chi connectivity index (χ0) is 16.9. The minimum absolute atomic E-state index is 0. The van der Waals surface area contributed by atoms with E-state index in [1.165, 1.54) is 4.88 Å². The Kier molecular flexibility index (Phi) is 14.7. The molecule has 5 nitrogen and oxygen atoms in total. The fourth-order valence-electron chi connectivity index (χ4n) is 2.25. The summed E-state index contributed by atoms with van der Waals surface area (Å²) in [6, 6.07) is 4.32. The Balaban J connectivity index is 0.00000529. The molecule has 1 heterocycles. The van der Waals surface area contributed by atoms with Gasteiger partial charge in [-0.1, -0.05) is 13.0 Å². The SMILES string of the molecule is CN=C(NCCCN(C)CCOC)NCC(C)Cc1cccs1.I. The Bertz CT molecular complexity index is 428. The number of methoxy groups -OCH3 is 1. The highest BCUT2D eigenvalue weighted by molar-refractivity contribution is 14.0. The predicted molar refractivity (Wildman–Crippen MR) is 116 cm³/mol. The molecule has 0 spiro atoms. The van der Waals surface area contributed by atoms with Crippen molar-refractivity contribution in [2.75, 3.05) is 54.0 Å². The lowest BCUT2D eigenvalue weighted by atomic mass is 10.1. The van der Waals surface area contributed by atoms with Gasteiger partial charge in [-0.3, -0.25) is 4.99 Å². The average molecular weight is 468 g/mol. The van der Waals surface area contributed by atoms with Gasteiger partial charge >= 0.3 is 0 Å². The van der Waals surface area contributed by atoms with E-state index in [-0.39, 0.29) is 24.0 Å². The Labute approximate surface area is 168 Å². The molecule has 0 fully saturated rings. The van der Waals surface area contributed by atoms with Crippen molar-refractivity contribution in [2.24, 2.45) is 10.9 Å². The Morgan fingerprint density at radius 1 is 1.38 bits per heavy atom. The number of hydrogen-bond acceptors (Lipinski definition) is 4. The smallest absolute Gasteiger partial charge is 0.190 e. The van der Waals surface area contributed by atoms with Crippen molar-refractivity contribution in [3.8, 4) is 0 Å². The van der Waals surface area contributed by atoms with Gasteiger partial charge in [-0.2, -0.15) is 0 Å². The van der Waals surface area contributed by atoms with Crippen LogP contribution >= 0.6 is 35.3 Å². The molecule has 0 saturated heterocycles. The van der Waals surface area contributed by atoms with Crippen LogP contribution in [0.1, 0.15) is 18.2 Å². The van der Waals surface area contributed by atoms with Crippen molar-refractivity contribution < 1.29 is 4.74 Å². The average Bonchev–Trinajstić information content (AvgIpc) is 3.05. The minimum atomic E-state index is 0. The van der Waals surface area contributed by atoms with E-state index in [9.17, 15) is 0 Å². The van der Waals surface area contributed by atoms with Crippen LogP contribution in [-0.2, 0) is 11.2 Å². The molecule has 0 amide bonds. The van der Waals surface area contributed by atoms with Crippen LogP contribution in [0, 0.1) is 5.92 Å². The maximum Gasteiger partial charge on any atom is 0.190 e. The molecule has 0 aliphatic rings. The molecule has 7 heteroatoms. The first-order chi connectivity index (χ1) is 11.2. The van der Waals surface area contributed by atoms with Crippen molar-refractivity contribution in [1.82, 2.24) is 15.5 Å². The fraction of sp³-hybridized carbons (Fsp3) is 0.706. The van der Waals surface area contributed by atoms with Crippen LogP contribution in [0.5, 0.6) is 0 Å². The van der Waals surface area contributed by atoms with Crippen LogP contribution in [0.4, 0.5) is 0 Å². The summed E-state index contributed by atoms with van der Waals surface area (Å²) in [7, 11) is 5.69. The molecule has 1 unspecified atom stereocenters. The van der Waals surface area contributed by atoms with Crippen LogP contribution in [-0.4, -0.2) is 64.9 Å². The van der Waals surface area contributed by atoms with Crippen molar-refractivity contribution >= 4 is 41.3 Å². The highest BCUT2D eigenvalue weighted by atomic mass is 127. The number of halogens is 1. The number of nitrogens with zero attached hydrogens (tertiary/aromatic N) is 2. The zero-order valence-electron chi connectivity index (χ0n) is 15.4. The normalized spacial score (nSPS) is 12.8. The van der Waals surface area contributed by atoms with Gasteiger partial charge in [0.05, 0.1) is 6.61 Å². The number of hydrogen-bond donors (Lipinski definition) is 2. The summed E-state index contributed by atoms with van der Waals surface area (Å²) in [6.45, 7) is 6.95. The van der Waals surface area contributed by atoms with Crippen molar-refractivity contribution in [3.63, 3.8) is 0 Å². The van der Waals surface area contributed by atoms with Gasteiger partial charge in [0.2, 0.25) is 0 Å². The number of nitrogens with one attached hydrogen (secondary N) is 2. The van der Waals surface area contributed by atoms with Crippen LogP contribution in [0.3, 0.4) is 0 Å². The van der Waals surface area contributed by atoms with E-state index in [2.05, 4.69) is 52.0 Å². The van der Waals surface area contributed by atoms with E-state index in [0.717, 1.165) is 51.6 Å². The van der Waals surface area contributed by atoms with Crippen molar-refractivity contribution in [2.45, 2.75) is 19.8 Å². The predicted octanol–water partition coefficient (Wildman–Crippen LogP) is 2.68. The summed E-state index contributed by atoms with van der Waals surface area (Å²) >= 11 is 1.83. The molecule has 2 N–H and O–H groups in total. The highest BCUT2D eigenvalue weighted by Crippen LogP contribution is 2.13. The molecule has 0 aliphatic heterocycles. The molecular weight excluding hydrogens is 435 g/mol. The molecule has 24 heavy (non-hydrogen) atoms. The summed E-state index contributed by atoms with van der Waals surface area (Å²) in [5.41, 5.74) is 0. The molecular formula is C17H33IN4OS. The highest BCUT2D eigenvalue weighted by Gasteiger charge is 2.06. The second kappa shape index (κ2) is 14.9. The third-order valence-electron chi connectivity index (χ3n) is 3.66. The van der Waals surface area contributed by atoms with Gasteiger partial charge in [0.1, 0.15) is 0 Å². The number of thiophene rings is 1. The third kappa shape index (κ3) is 11.2. The molecule has 0 radical (unpaired) electrons. The topological polar surface area (TPSA) is 48.9 Å². The largest absolute Gasteiger partial charge is 0.383 e. The van der Waals surface area contributed by atoms with Gasteiger partial charge in [0, 0.05) is 38.7 Å². The van der Waals surface area contributed by atoms with E-state index in [4.69, 9.17) is 4.74 Å². The third-order valence-corrected chi connectivity index (χ3v) is 4.56. The second-order valence-electron chi connectivity index (χ2n) is 5.92. The van der Waals surface area contributed by atoms with Gasteiger partial charge in [0.25, 0.3) is 0 Å². The van der Waals surface area contributed by atoms with Crippen LogP contribution in [0.15, 0.2) is 22.5 Å². The number of aliphatic imine (C=N–C) groups is 1. The van der Waals surface area contributed by atoms with Gasteiger partial charge in [-0.25, -0.2) is 0 Å². The zero-order valence-corrected chi connectivity index (χ0v) is 18.5. The number of ether oxygens (including phenoxy) is 1. The molecule has 0 aromatic carbocycles. The first-order valence-corrected chi connectivity index (χ1v) is 9.18. The quantitative estimate of drug-likeness (QED) is 0.227. The first kappa shape index (κ1) is 23.6. The first-order valence-electron chi connectivity index (χ1n) is 8.30. The maximum absolute atomic E-state index is 5.08. The van der Waals surface area contributed by atoms with Crippen molar-refractivity contribution in [1.29, 1.82) is 0 Å². The van der Waals surface area contributed by atoms with Crippen LogP contribution in [0.25, 0.3) is 0 Å². The van der Waals surface area contributed by atoms with E-state index in [1.807, 2.05) is 18.4 Å². The van der Waals surface area contributed by atoms with Crippen molar-refractivity contribution in [3.05, 3.63) is 22.4 Å². The molecule has 0 aliphatic carbocycles. The van der Waals surface area contributed by atoms with Gasteiger partial charge in [0.15, 0.2) is 5.96 Å². The van der Waals surface area contributed by atoms with E-state index in [1.54, 1.807) is 7.11 Å². The lowest BCUT2D eigenvalue weighted by Crippen LogP contribution is -2.40. The van der Waals surface area contributed by atoms with Crippen LogP contribution in [0.2, 0.25) is 0 Å². The Morgan fingerprint density at radius 2 is 2.17 bits per heavy atom. The standard InChI is InChI=1S/C17H32N4OS.HI/c1-15(13-16-7-5-12-23-16)14-20-17(18-2)19-8-6-9-21(3)10-11-22-4;/h5,7,12,15H,6,8-11,13-14H2,1-4H3,(H2,18,19,20);1H. The fourth-order valence-corrected chi connectivity index (χ4v) is 3.12. The molecule has 140 valence electrons. The molecule has 1 aromatic heterocycles. The lowest BCUT2D eigenvalue weighted by molar-refractivity contribution is 0.161. The monoisotopic (exact) mass is 468 g/mol. The Morgan fingerprint density at radius 3 is 2.79 bits per heavy atom. The lowest BCUT2D eigenvalue weighted by Gasteiger charge is -2.18. The number of likely N-dealkylation sites (N-methyl/N-ethyl adjacent to an activating group) is 1. The van der Waals surface area contributed by atoms with Gasteiger partial charge < -0.3 is 20.3 Å². The summed E-state index contributed by atoms with van der Waals surface area (Å²) in [4.78, 5) is 8.01. The number of rotatable bonds is 11. The second-order valence-corrected chi connectivity index (χ2v) is 6.95. The summed E-state index contributed by atoms with van der Waals surface area (Å²) in [5, 5.41) is 8.93. The minimum Gasteiger partial charge on any atom is -0.383 e. The van der Waals surface area contributed by atoms with Gasteiger partial charge in [-0.15, -0.1) is 35.3 Å². The van der Waals surface area contributed by atoms with Crippen LogP contribution < -0.4 is 10.6 Å². The molecule has 1 atom stereocenters. The maximum atomic E-state index is 5.08. The molecule has 0 bridgehead atoms. The summed E-state index contributed by atoms with van der Waals surface area (Å²) in [6.07, 6.45) is 2.21. The molecule has 0 saturated carbocycles. The summed E-state index contributed by atoms with van der Waals surface area (Å²) in [5.74, 6) is 1.48. The van der Waals surface area contributed by atoms with E-state index < -0.39 is 0 Å². The molecule has 1 rings (SSSR count). The van der Waals surface area contributed by atoms with Gasteiger partial charge in [-0.05, 0) is 43.8 Å². The number of guanidine groups is 1. The van der Waals surface area contributed by atoms with E-state index >= 15 is 0 Å².